The van der Waals surface area contributed by atoms with Gasteiger partial charge < -0.3 is 4.57 Å². The second-order valence-corrected chi connectivity index (χ2v) is 9.89. The van der Waals surface area contributed by atoms with Crippen LogP contribution in [0.3, 0.4) is 0 Å². The molecule has 1 unspecified atom stereocenters. The number of unbranched alkanes of at least 4 members (excludes halogenated alkanes) is 1. The summed E-state index contributed by atoms with van der Waals surface area (Å²) < 4.78 is 23.6. The number of hydroxylamine groups is 1. The van der Waals surface area contributed by atoms with Crippen LogP contribution >= 0.6 is 0 Å². The molecule has 1 aromatic heterocycles. The summed E-state index contributed by atoms with van der Waals surface area (Å²) >= 11 is 0. The fourth-order valence-corrected chi connectivity index (χ4v) is 3.88. The van der Waals surface area contributed by atoms with Gasteiger partial charge in [0, 0.05) is 25.1 Å². The Morgan fingerprint density at radius 1 is 1.17 bits per heavy atom. The number of sulfone groups is 1. The van der Waals surface area contributed by atoms with Gasteiger partial charge in [-0.25, -0.2) is 13.9 Å². The van der Waals surface area contributed by atoms with Crippen LogP contribution in [0.2, 0.25) is 0 Å². The number of aromatic nitrogens is 1. The van der Waals surface area contributed by atoms with Crippen LogP contribution in [0.1, 0.15) is 38.7 Å². The number of hydrogen-bond acceptors (Lipinski definition) is 5. The highest BCUT2D eigenvalue weighted by Gasteiger charge is 2.43. The molecular weight excluding hydrogens is 392 g/mol. The van der Waals surface area contributed by atoms with Gasteiger partial charge in [0.2, 0.25) is 0 Å². The maximum Gasteiger partial charge on any atom is 0.264 e. The Morgan fingerprint density at radius 3 is 2.34 bits per heavy atom. The Kier molecular flexibility index (Phi) is 7.37. The van der Waals surface area contributed by atoms with Gasteiger partial charge in [0.25, 0.3) is 11.5 Å². The molecule has 2 rings (SSSR count). The van der Waals surface area contributed by atoms with Crippen LogP contribution in [0.5, 0.6) is 0 Å². The van der Waals surface area contributed by atoms with Crippen molar-refractivity contribution in [2.45, 2.75) is 50.8 Å². The van der Waals surface area contributed by atoms with Crippen molar-refractivity contribution in [1.82, 2.24) is 10.0 Å². The van der Waals surface area contributed by atoms with Crippen molar-refractivity contribution in [1.29, 1.82) is 0 Å². The Labute approximate surface area is 171 Å². The van der Waals surface area contributed by atoms with E-state index in [1.165, 1.54) is 28.6 Å². The van der Waals surface area contributed by atoms with Crippen LogP contribution < -0.4 is 11.0 Å². The minimum atomic E-state index is -3.81. The summed E-state index contributed by atoms with van der Waals surface area (Å²) in [5, 5.41) is 8.88. The molecule has 0 saturated carbocycles. The van der Waals surface area contributed by atoms with Gasteiger partial charge in [0.05, 0.1) is 0 Å². The zero-order valence-corrected chi connectivity index (χ0v) is 17.8. The molecule has 0 fully saturated rings. The fraction of sp³-hybridized carbons (Fsp3) is 0.429. The Bertz CT molecular complexity index is 1010. The summed E-state index contributed by atoms with van der Waals surface area (Å²) in [4.78, 5) is 24.4. The second kappa shape index (κ2) is 9.37. The summed E-state index contributed by atoms with van der Waals surface area (Å²) in [7, 11) is -3.81. The number of nitrogens with zero attached hydrogens (tertiary/aromatic N) is 1. The summed E-state index contributed by atoms with van der Waals surface area (Å²) in [6.07, 6.45) is 5.66. The highest BCUT2D eigenvalue weighted by molar-refractivity contribution is 7.92. The fourth-order valence-electron chi connectivity index (χ4n) is 3.04. The van der Waals surface area contributed by atoms with Crippen LogP contribution in [0.15, 0.2) is 47.4 Å². The minimum Gasteiger partial charge on any atom is -0.315 e. The maximum atomic E-state index is 12.5. The van der Waals surface area contributed by atoms with Gasteiger partial charge in [0.1, 0.15) is 0 Å². The van der Waals surface area contributed by atoms with Gasteiger partial charge >= 0.3 is 0 Å². The van der Waals surface area contributed by atoms with E-state index < -0.39 is 20.5 Å². The molecule has 158 valence electrons. The lowest BCUT2D eigenvalue weighted by Crippen LogP contribution is -2.49. The van der Waals surface area contributed by atoms with Crippen molar-refractivity contribution in [3.8, 4) is 11.1 Å². The minimum absolute atomic E-state index is 0.0199. The lowest BCUT2D eigenvalue weighted by Gasteiger charge is -2.25. The van der Waals surface area contributed by atoms with Gasteiger partial charge in [-0.2, -0.15) is 0 Å². The number of amides is 1. The molecule has 8 heteroatoms. The predicted molar refractivity (Wildman–Crippen MR) is 113 cm³/mol. The molecule has 0 radical (unpaired) electrons. The molecule has 2 N–H and O–H groups in total. The number of carbonyl (C=O) groups excluding carboxylic acids is 1. The Balaban J connectivity index is 2.19. The molecule has 0 aliphatic heterocycles. The topological polar surface area (TPSA) is 105 Å². The standard InChI is InChI=1S/C21H28N2O5S/c1-4-5-6-16-7-9-17(10-8-16)18-11-13-23(19(24)15-18)14-12-21(2,20(25)22-26)29(3,27)28/h7-11,13,15,26H,4-6,12,14H2,1-3H3,(H,22,25). The number of hydrogen-bond donors (Lipinski definition) is 2. The van der Waals surface area contributed by atoms with Crippen molar-refractivity contribution in [3.05, 3.63) is 58.5 Å². The number of benzene rings is 1. The SMILES string of the molecule is CCCCc1ccc(-c2ccn(CCC(C)(C(=O)NO)S(C)(=O)=O)c(=O)c2)cc1. The lowest BCUT2D eigenvalue weighted by molar-refractivity contribution is -0.131. The van der Waals surface area contributed by atoms with E-state index in [0.717, 1.165) is 36.6 Å². The number of carbonyl (C=O) groups is 1. The van der Waals surface area contributed by atoms with Gasteiger partial charge in [-0.3, -0.25) is 14.8 Å². The smallest absolute Gasteiger partial charge is 0.264 e. The van der Waals surface area contributed by atoms with E-state index in [0.29, 0.717) is 0 Å². The Hall–Kier alpha value is -2.45. The molecular formula is C21H28N2O5S. The van der Waals surface area contributed by atoms with Gasteiger partial charge in [0.15, 0.2) is 14.6 Å². The molecule has 0 spiro atoms. The molecule has 7 nitrogen and oxygen atoms in total. The van der Waals surface area contributed by atoms with Crippen LogP contribution in [0.25, 0.3) is 11.1 Å². The lowest BCUT2D eigenvalue weighted by atomic mass is 10.0. The molecule has 1 atom stereocenters. The van der Waals surface area contributed by atoms with Crippen LogP contribution in [-0.4, -0.2) is 35.1 Å². The summed E-state index contributed by atoms with van der Waals surface area (Å²) in [6.45, 7) is 3.40. The number of nitrogens with one attached hydrogen (secondary N) is 1. The van der Waals surface area contributed by atoms with E-state index in [-0.39, 0.29) is 18.5 Å². The summed E-state index contributed by atoms with van der Waals surface area (Å²) in [5.41, 5.74) is 4.06. The van der Waals surface area contributed by atoms with E-state index >= 15 is 0 Å². The van der Waals surface area contributed by atoms with Crippen LogP contribution in [-0.2, 0) is 27.6 Å². The average Bonchev–Trinajstić information content (AvgIpc) is 2.69. The first kappa shape index (κ1) is 22.8. The summed E-state index contributed by atoms with van der Waals surface area (Å²) in [5.74, 6) is -1.02. The highest BCUT2D eigenvalue weighted by Crippen LogP contribution is 2.23. The molecule has 29 heavy (non-hydrogen) atoms. The van der Waals surface area contributed by atoms with Crippen molar-refractivity contribution in [2.24, 2.45) is 0 Å². The normalized spacial score (nSPS) is 13.7. The molecule has 1 heterocycles. The molecule has 2 aromatic rings. The van der Waals surface area contributed by atoms with E-state index in [1.54, 1.807) is 12.3 Å². The molecule has 0 bridgehead atoms. The molecule has 0 saturated heterocycles. The van der Waals surface area contributed by atoms with Crippen molar-refractivity contribution >= 4 is 15.7 Å². The van der Waals surface area contributed by atoms with Gasteiger partial charge in [-0.05, 0) is 48.9 Å². The van der Waals surface area contributed by atoms with Crippen molar-refractivity contribution < 1.29 is 18.4 Å². The molecule has 0 aliphatic rings. The largest absolute Gasteiger partial charge is 0.315 e. The molecule has 0 aliphatic carbocycles. The average molecular weight is 421 g/mol. The first-order valence-corrected chi connectivity index (χ1v) is 11.5. The number of pyridine rings is 1. The van der Waals surface area contributed by atoms with E-state index in [2.05, 4.69) is 19.1 Å². The van der Waals surface area contributed by atoms with Crippen molar-refractivity contribution in [2.75, 3.05) is 6.26 Å². The van der Waals surface area contributed by atoms with Crippen molar-refractivity contribution in [3.63, 3.8) is 0 Å². The quantitative estimate of drug-likeness (QED) is 0.479. The molecule has 1 amide bonds. The highest BCUT2D eigenvalue weighted by atomic mass is 32.2. The second-order valence-electron chi connectivity index (χ2n) is 7.44. The first-order valence-electron chi connectivity index (χ1n) is 9.56. The zero-order chi connectivity index (χ0) is 21.7. The monoisotopic (exact) mass is 420 g/mol. The first-order chi connectivity index (χ1) is 13.6. The third-order valence-corrected chi connectivity index (χ3v) is 7.36. The number of rotatable bonds is 9. The van der Waals surface area contributed by atoms with Crippen LogP contribution in [0, 0.1) is 0 Å². The number of aryl methyl sites for hydroxylation is 2. The summed E-state index contributed by atoms with van der Waals surface area (Å²) in [6, 6.07) is 11.4. The molecule has 1 aromatic carbocycles. The van der Waals surface area contributed by atoms with Gasteiger partial charge in [-0.15, -0.1) is 0 Å². The van der Waals surface area contributed by atoms with E-state index in [4.69, 9.17) is 5.21 Å². The zero-order valence-electron chi connectivity index (χ0n) is 17.0. The predicted octanol–water partition coefficient (Wildman–Crippen LogP) is 2.56. The maximum absolute atomic E-state index is 12.5. The third-order valence-electron chi connectivity index (χ3n) is 5.33. The van der Waals surface area contributed by atoms with E-state index in [9.17, 15) is 18.0 Å². The Morgan fingerprint density at radius 2 is 1.83 bits per heavy atom. The van der Waals surface area contributed by atoms with Crippen LogP contribution in [0.4, 0.5) is 0 Å². The van der Waals surface area contributed by atoms with E-state index in [1.807, 2.05) is 12.1 Å². The third kappa shape index (κ3) is 5.33. The van der Waals surface area contributed by atoms with Gasteiger partial charge in [-0.1, -0.05) is 37.6 Å².